The van der Waals surface area contributed by atoms with Gasteiger partial charge in [0.15, 0.2) is 5.82 Å². The lowest BCUT2D eigenvalue weighted by Crippen LogP contribution is -2.27. The number of nitrogens with zero attached hydrogens (tertiary/aromatic N) is 4. The summed E-state index contributed by atoms with van der Waals surface area (Å²) < 4.78 is 85.7. The molecule has 0 aliphatic carbocycles. The van der Waals surface area contributed by atoms with Crippen LogP contribution in [0.2, 0.25) is 0 Å². The Morgan fingerprint density at radius 3 is 2.57 bits per heavy atom. The molecule has 4 heterocycles. The standard InChI is InChI=1S/C32H27F5N4O4S/c1-31(2)15-44-13-25(31)41-24-9-16(30(42)43)4-6-23(24)39-27(41)10-17-8-21(35)18(11-20(17)34)22-7-5-19(33)29(40-22)45-14-28-38-12-26(46-28)32(3,36)37/h4-9,11-12,25H,10,13-15H2,1-3H3,(H,42,43)/t25-/m1/s1. The van der Waals surface area contributed by atoms with E-state index in [1.165, 1.54) is 18.2 Å². The molecule has 240 valence electrons. The monoisotopic (exact) mass is 658 g/mol. The molecule has 1 saturated heterocycles. The molecule has 14 heteroatoms. The number of aromatic carboxylic acids is 1. The molecular weight excluding hydrogens is 631 g/mol. The highest BCUT2D eigenvalue weighted by Gasteiger charge is 2.39. The van der Waals surface area contributed by atoms with Crippen molar-refractivity contribution in [1.29, 1.82) is 0 Å². The Hall–Kier alpha value is -4.43. The van der Waals surface area contributed by atoms with Gasteiger partial charge in [-0.1, -0.05) is 13.8 Å². The molecule has 0 unspecified atom stereocenters. The molecule has 1 fully saturated rings. The van der Waals surface area contributed by atoms with Crippen molar-refractivity contribution in [1.82, 2.24) is 19.5 Å². The molecule has 0 bridgehead atoms. The van der Waals surface area contributed by atoms with Gasteiger partial charge in [-0.15, -0.1) is 11.3 Å². The number of carboxylic acid groups (broad SMARTS) is 1. The third-order valence-corrected chi connectivity index (χ3v) is 9.01. The van der Waals surface area contributed by atoms with E-state index in [1.807, 2.05) is 18.4 Å². The Balaban J connectivity index is 1.31. The van der Waals surface area contributed by atoms with Crippen LogP contribution >= 0.6 is 11.3 Å². The zero-order valence-electron chi connectivity index (χ0n) is 24.8. The first-order valence-corrected chi connectivity index (χ1v) is 15.0. The van der Waals surface area contributed by atoms with Crippen LogP contribution in [0.5, 0.6) is 5.88 Å². The van der Waals surface area contributed by atoms with Gasteiger partial charge in [0.1, 0.15) is 29.1 Å². The third-order valence-electron chi connectivity index (χ3n) is 7.87. The Morgan fingerprint density at radius 2 is 1.89 bits per heavy atom. The SMILES string of the molecule is CC(F)(F)c1cnc(COc2nc(-c3cc(F)c(Cc4nc5ccc(C(=O)O)cc5n4[C@@H]4COCC4(C)C)cc3F)ccc2F)s1. The minimum Gasteiger partial charge on any atom is -0.478 e. The van der Waals surface area contributed by atoms with Crippen LogP contribution in [-0.2, 0) is 23.7 Å². The lowest BCUT2D eigenvalue weighted by Gasteiger charge is -2.28. The van der Waals surface area contributed by atoms with Gasteiger partial charge in [-0.25, -0.2) is 41.7 Å². The van der Waals surface area contributed by atoms with Crippen molar-refractivity contribution >= 4 is 28.3 Å². The smallest absolute Gasteiger partial charge is 0.335 e. The molecule has 0 amide bonds. The normalized spacial score (nSPS) is 16.3. The quantitative estimate of drug-likeness (QED) is 0.163. The number of thiazole rings is 1. The first-order chi connectivity index (χ1) is 21.7. The van der Waals surface area contributed by atoms with E-state index in [0.717, 1.165) is 31.3 Å². The third kappa shape index (κ3) is 6.06. The van der Waals surface area contributed by atoms with Crippen molar-refractivity contribution in [3.63, 3.8) is 0 Å². The molecule has 1 atom stereocenters. The van der Waals surface area contributed by atoms with Gasteiger partial charge in [0.05, 0.1) is 46.4 Å². The summed E-state index contributed by atoms with van der Waals surface area (Å²) in [6.07, 6.45) is 0.887. The number of pyridine rings is 1. The number of carboxylic acids is 1. The number of aromatic nitrogens is 4. The predicted molar refractivity (Wildman–Crippen MR) is 159 cm³/mol. The molecular formula is C32H27F5N4O4S. The minimum absolute atomic E-state index is 0.0149. The van der Waals surface area contributed by atoms with Gasteiger partial charge < -0.3 is 19.1 Å². The van der Waals surface area contributed by atoms with E-state index in [4.69, 9.17) is 9.47 Å². The average molecular weight is 659 g/mol. The van der Waals surface area contributed by atoms with Gasteiger partial charge in [-0.3, -0.25) is 0 Å². The molecule has 0 saturated carbocycles. The number of hydrogen-bond acceptors (Lipinski definition) is 7. The summed E-state index contributed by atoms with van der Waals surface area (Å²) >= 11 is 0.698. The fraction of sp³-hybridized carbons (Fsp3) is 0.312. The zero-order chi connectivity index (χ0) is 33.0. The summed E-state index contributed by atoms with van der Waals surface area (Å²) in [6, 6.07) is 8.38. The average Bonchev–Trinajstić information content (AvgIpc) is 3.70. The predicted octanol–water partition coefficient (Wildman–Crippen LogP) is 7.55. The summed E-state index contributed by atoms with van der Waals surface area (Å²) in [5.41, 5.74) is 0.367. The van der Waals surface area contributed by atoms with E-state index in [2.05, 4.69) is 15.0 Å². The maximum absolute atomic E-state index is 15.6. The molecule has 46 heavy (non-hydrogen) atoms. The number of hydrogen-bond donors (Lipinski definition) is 1. The van der Waals surface area contributed by atoms with Gasteiger partial charge in [0, 0.05) is 30.5 Å². The van der Waals surface area contributed by atoms with Gasteiger partial charge in [0.2, 0.25) is 0 Å². The zero-order valence-corrected chi connectivity index (χ0v) is 25.6. The maximum Gasteiger partial charge on any atom is 0.335 e. The van der Waals surface area contributed by atoms with Gasteiger partial charge >= 0.3 is 5.97 Å². The fourth-order valence-corrected chi connectivity index (χ4v) is 6.16. The van der Waals surface area contributed by atoms with Gasteiger partial charge in [-0.2, -0.15) is 0 Å². The molecule has 1 aliphatic heterocycles. The lowest BCUT2D eigenvalue weighted by molar-refractivity contribution is 0.0213. The van der Waals surface area contributed by atoms with Crippen LogP contribution in [0.25, 0.3) is 22.3 Å². The molecule has 0 radical (unpaired) electrons. The molecule has 1 N–H and O–H groups in total. The van der Waals surface area contributed by atoms with Crippen LogP contribution in [-0.4, -0.2) is 43.8 Å². The molecule has 6 rings (SSSR count). The van der Waals surface area contributed by atoms with Crippen molar-refractivity contribution in [2.75, 3.05) is 13.2 Å². The number of imidazole rings is 1. The van der Waals surface area contributed by atoms with Gasteiger partial charge in [0.25, 0.3) is 11.8 Å². The molecule has 3 aromatic heterocycles. The second-order valence-corrected chi connectivity index (χ2v) is 12.9. The lowest BCUT2D eigenvalue weighted by atomic mass is 9.87. The largest absolute Gasteiger partial charge is 0.478 e. The topological polar surface area (TPSA) is 99.4 Å². The number of fused-ring (bicyclic) bond motifs is 1. The van der Waals surface area contributed by atoms with Crippen molar-refractivity contribution in [2.45, 2.75) is 45.8 Å². The Kier molecular flexibility index (Phi) is 8.05. The number of rotatable bonds is 9. The van der Waals surface area contributed by atoms with Gasteiger partial charge in [-0.05, 0) is 48.0 Å². The van der Waals surface area contributed by atoms with E-state index in [1.54, 1.807) is 6.07 Å². The van der Waals surface area contributed by atoms with E-state index in [-0.39, 0.29) is 56.8 Å². The Labute approximate surface area is 263 Å². The molecule has 5 aromatic rings. The summed E-state index contributed by atoms with van der Waals surface area (Å²) in [5.74, 6) is -6.83. The number of carbonyl (C=O) groups is 1. The molecule has 1 aliphatic rings. The highest BCUT2D eigenvalue weighted by Crippen LogP contribution is 2.41. The molecule has 0 spiro atoms. The van der Waals surface area contributed by atoms with Crippen molar-refractivity contribution in [3.05, 3.63) is 92.9 Å². The number of halogens is 5. The van der Waals surface area contributed by atoms with Crippen molar-refractivity contribution in [3.8, 4) is 17.1 Å². The second-order valence-electron chi connectivity index (χ2n) is 11.8. The number of benzene rings is 2. The van der Waals surface area contributed by atoms with Crippen molar-refractivity contribution < 1.29 is 41.3 Å². The summed E-state index contributed by atoms with van der Waals surface area (Å²) in [7, 11) is 0. The van der Waals surface area contributed by atoms with E-state index in [9.17, 15) is 23.1 Å². The van der Waals surface area contributed by atoms with Crippen molar-refractivity contribution in [2.24, 2.45) is 5.41 Å². The number of alkyl halides is 2. The summed E-state index contributed by atoms with van der Waals surface area (Å²) in [6.45, 7) is 5.15. The minimum atomic E-state index is -3.09. The Bertz CT molecular complexity index is 1970. The Morgan fingerprint density at radius 1 is 1.11 bits per heavy atom. The first kappa shape index (κ1) is 31.5. The van der Waals surface area contributed by atoms with Crippen LogP contribution in [0.3, 0.4) is 0 Å². The number of ether oxygens (including phenoxy) is 2. The molecule has 8 nitrogen and oxygen atoms in total. The summed E-state index contributed by atoms with van der Waals surface area (Å²) in [4.78, 5) is 23.9. The van der Waals surface area contributed by atoms with Crippen LogP contribution in [0, 0.1) is 22.9 Å². The van der Waals surface area contributed by atoms with E-state index >= 15 is 8.78 Å². The fourth-order valence-electron chi connectivity index (χ4n) is 5.40. The first-order valence-electron chi connectivity index (χ1n) is 14.1. The van der Waals surface area contributed by atoms with Crippen LogP contribution in [0.1, 0.15) is 58.4 Å². The summed E-state index contributed by atoms with van der Waals surface area (Å²) in [5, 5.41) is 9.72. The highest BCUT2D eigenvalue weighted by molar-refractivity contribution is 7.11. The molecule has 2 aromatic carbocycles. The van der Waals surface area contributed by atoms with E-state index in [0.29, 0.717) is 41.4 Å². The highest BCUT2D eigenvalue weighted by atomic mass is 32.1. The van der Waals surface area contributed by atoms with Crippen LogP contribution in [0.4, 0.5) is 22.0 Å². The maximum atomic E-state index is 15.6. The van der Waals surface area contributed by atoms with Crippen LogP contribution < -0.4 is 4.74 Å². The van der Waals surface area contributed by atoms with E-state index < -0.39 is 35.2 Å². The van der Waals surface area contributed by atoms with Crippen LogP contribution in [0.15, 0.2) is 48.7 Å². The second kappa shape index (κ2) is 11.7.